The van der Waals surface area contributed by atoms with E-state index in [9.17, 15) is 13.2 Å². The van der Waals surface area contributed by atoms with Gasteiger partial charge in [0.2, 0.25) is 0 Å². The molecule has 0 spiro atoms. The molecule has 7 heteroatoms. The molecule has 0 bridgehead atoms. The molecule has 1 N–H and O–H groups in total. The summed E-state index contributed by atoms with van der Waals surface area (Å²) in [6.45, 7) is -0.334. The fourth-order valence-corrected chi connectivity index (χ4v) is 4.43. The van der Waals surface area contributed by atoms with Crippen LogP contribution in [-0.2, 0) is 19.4 Å². The summed E-state index contributed by atoms with van der Waals surface area (Å²) in [7, 11) is -3.36. The summed E-state index contributed by atoms with van der Waals surface area (Å²) >= 11 is 5.77. The zero-order chi connectivity index (χ0) is 15.5. The number of aliphatic carboxylic acids is 1. The first-order chi connectivity index (χ1) is 9.89. The van der Waals surface area contributed by atoms with E-state index in [0.717, 1.165) is 0 Å². The first-order valence-corrected chi connectivity index (χ1v) is 8.65. The van der Waals surface area contributed by atoms with Crippen LogP contribution in [0.2, 0.25) is 5.02 Å². The maximum atomic E-state index is 12.5. The molecule has 1 aromatic rings. The number of benzene rings is 1. The maximum Gasteiger partial charge on any atom is 0.329 e. The van der Waals surface area contributed by atoms with Crippen molar-refractivity contribution in [2.45, 2.75) is 41.9 Å². The van der Waals surface area contributed by atoms with Crippen molar-refractivity contribution in [1.29, 1.82) is 0 Å². The molecule has 1 aromatic carbocycles. The zero-order valence-electron chi connectivity index (χ0n) is 11.4. The molecule has 1 aliphatic carbocycles. The normalized spacial score (nSPS) is 22.9. The van der Waals surface area contributed by atoms with Gasteiger partial charge in [-0.3, -0.25) is 0 Å². The first-order valence-electron chi connectivity index (χ1n) is 6.72. The van der Waals surface area contributed by atoms with Gasteiger partial charge in [-0.15, -0.1) is 0 Å². The molecule has 0 heterocycles. The van der Waals surface area contributed by atoms with Crippen LogP contribution in [-0.4, -0.2) is 37.5 Å². The van der Waals surface area contributed by atoms with E-state index in [0.29, 0.717) is 30.7 Å². The molecule has 0 saturated heterocycles. The van der Waals surface area contributed by atoms with Crippen molar-refractivity contribution in [3.05, 3.63) is 29.3 Å². The van der Waals surface area contributed by atoms with Crippen LogP contribution in [0.4, 0.5) is 0 Å². The summed E-state index contributed by atoms with van der Waals surface area (Å²) < 4.78 is 30.2. The van der Waals surface area contributed by atoms with Gasteiger partial charge < -0.3 is 9.84 Å². The average Bonchev–Trinajstić information content (AvgIpc) is 2.46. The van der Waals surface area contributed by atoms with E-state index in [1.807, 2.05) is 0 Å². The van der Waals surface area contributed by atoms with Gasteiger partial charge in [0, 0.05) is 5.02 Å². The third-order valence-electron chi connectivity index (χ3n) is 3.64. The monoisotopic (exact) mass is 332 g/mol. The SMILES string of the molecule is O=C(O)COC1CCC(S(=O)(=O)c2ccc(Cl)cc2)CC1. The fraction of sp³-hybridized carbons (Fsp3) is 0.500. The first kappa shape index (κ1) is 16.3. The van der Waals surface area contributed by atoms with Crippen LogP contribution < -0.4 is 0 Å². The standard InChI is InChI=1S/C14H17ClO5S/c15-10-1-5-12(6-2-10)21(18,19)13-7-3-11(4-8-13)20-9-14(16)17/h1-2,5-6,11,13H,3-4,7-9H2,(H,16,17). The van der Waals surface area contributed by atoms with Crippen LogP contribution in [0.25, 0.3) is 0 Å². The summed E-state index contributed by atoms with van der Waals surface area (Å²) in [4.78, 5) is 10.7. The van der Waals surface area contributed by atoms with Gasteiger partial charge in [0.1, 0.15) is 6.61 Å². The zero-order valence-corrected chi connectivity index (χ0v) is 12.9. The molecule has 116 valence electrons. The fourth-order valence-electron chi connectivity index (χ4n) is 2.52. The van der Waals surface area contributed by atoms with Crippen LogP contribution in [0, 0.1) is 0 Å². The largest absolute Gasteiger partial charge is 0.480 e. The highest BCUT2D eigenvalue weighted by Crippen LogP contribution is 2.30. The molecule has 0 amide bonds. The van der Waals surface area contributed by atoms with Gasteiger partial charge in [0.05, 0.1) is 16.2 Å². The number of carboxylic acid groups (broad SMARTS) is 1. The number of sulfone groups is 1. The van der Waals surface area contributed by atoms with Crippen molar-refractivity contribution in [2.24, 2.45) is 0 Å². The highest BCUT2D eigenvalue weighted by Gasteiger charge is 2.32. The summed E-state index contributed by atoms with van der Waals surface area (Å²) in [5, 5.41) is 8.62. The molecule has 21 heavy (non-hydrogen) atoms. The number of hydrogen-bond acceptors (Lipinski definition) is 4. The third-order valence-corrected chi connectivity index (χ3v) is 6.18. The van der Waals surface area contributed by atoms with Gasteiger partial charge in [0.25, 0.3) is 0 Å². The second-order valence-electron chi connectivity index (χ2n) is 5.10. The van der Waals surface area contributed by atoms with Gasteiger partial charge in [-0.2, -0.15) is 0 Å². The topological polar surface area (TPSA) is 80.7 Å². The Hall–Kier alpha value is -1.11. The van der Waals surface area contributed by atoms with Crippen molar-refractivity contribution < 1.29 is 23.1 Å². The van der Waals surface area contributed by atoms with E-state index in [4.69, 9.17) is 21.4 Å². The number of ether oxygens (including phenoxy) is 1. The summed E-state index contributed by atoms with van der Waals surface area (Å²) in [5.74, 6) is -1.01. The molecule has 2 rings (SSSR count). The van der Waals surface area contributed by atoms with Crippen molar-refractivity contribution in [1.82, 2.24) is 0 Å². The molecule has 0 radical (unpaired) electrons. The highest BCUT2D eigenvalue weighted by atomic mass is 35.5. The van der Waals surface area contributed by atoms with E-state index in [1.165, 1.54) is 12.1 Å². The van der Waals surface area contributed by atoms with E-state index in [2.05, 4.69) is 0 Å². The Kier molecular flexibility index (Phi) is 5.24. The van der Waals surface area contributed by atoms with Gasteiger partial charge in [-0.25, -0.2) is 13.2 Å². The Labute approximate surface area is 128 Å². The minimum Gasteiger partial charge on any atom is -0.480 e. The Morgan fingerprint density at radius 1 is 1.19 bits per heavy atom. The molecule has 5 nitrogen and oxygen atoms in total. The second-order valence-corrected chi connectivity index (χ2v) is 7.77. The van der Waals surface area contributed by atoms with Gasteiger partial charge in [0.15, 0.2) is 9.84 Å². The molecule has 0 aliphatic heterocycles. The average molecular weight is 333 g/mol. The van der Waals surface area contributed by atoms with Crippen LogP contribution in [0.5, 0.6) is 0 Å². The van der Waals surface area contributed by atoms with E-state index in [-0.39, 0.29) is 17.6 Å². The number of carbonyl (C=O) groups is 1. The molecule has 1 aliphatic rings. The number of hydrogen-bond donors (Lipinski definition) is 1. The van der Waals surface area contributed by atoms with Crippen molar-refractivity contribution in [3.8, 4) is 0 Å². The van der Waals surface area contributed by atoms with Crippen molar-refractivity contribution in [3.63, 3.8) is 0 Å². The predicted octanol–water partition coefficient (Wildman–Crippen LogP) is 2.53. The number of halogens is 1. The van der Waals surface area contributed by atoms with E-state index < -0.39 is 21.1 Å². The molecule has 1 saturated carbocycles. The third kappa shape index (κ3) is 4.18. The molecular weight excluding hydrogens is 316 g/mol. The Bertz CT molecular complexity index is 588. The highest BCUT2D eigenvalue weighted by molar-refractivity contribution is 7.92. The Balaban J connectivity index is 1.97. The van der Waals surface area contributed by atoms with Crippen molar-refractivity contribution in [2.75, 3.05) is 6.61 Å². The summed E-state index contributed by atoms with van der Waals surface area (Å²) in [6.07, 6.45) is 1.91. The lowest BCUT2D eigenvalue weighted by Gasteiger charge is -2.28. The van der Waals surface area contributed by atoms with Crippen LogP contribution >= 0.6 is 11.6 Å². The van der Waals surface area contributed by atoms with Crippen molar-refractivity contribution >= 4 is 27.4 Å². The van der Waals surface area contributed by atoms with Gasteiger partial charge >= 0.3 is 5.97 Å². The molecule has 0 aromatic heterocycles. The number of carboxylic acids is 1. The van der Waals surface area contributed by atoms with E-state index in [1.54, 1.807) is 12.1 Å². The molecule has 0 atom stereocenters. The quantitative estimate of drug-likeness (QED) is 0.896. The van der Waals surface area contributed by atoms with Crippen LogP contribution in [0.3, 0.4) is 0 Å². The van der Waals surface area contributed by atoms with Gasteiger partial charge in [-0.05, 0) is 49.9 Å². The van der Waals surface area contributed by atoms with Crippen LogP contribution in [0.15, 0.2) is 29.2 Å². The second kappa shape index (κ2) is 6.77. The molecule has 1 fully saturated rings. The molecular formula is C14H17ClO5S. The summed E-state index contributed by atoms with van der Waals surface area (Å²) in [5.41, 5.74) is 0. The van der Waals surface area contributed by atoms with Crippen LogP contribution in [0.1, 0.15) is 25.7 Å². The minimum atomic E-state index is -3.36. The van der Waals surface area contributed by atoms with E-state index >= 15 is 0 Å². The predicted molar refractivity (Wildman–Crippen MR) is 78.3 cm³/mol. The number of rotatable bonds is 5. The lowest BCUT2D eigenvalue weighted by Crippen LogP contribution is -2.31. The minimum absolute atomic E-state index is 0.169. The maximum absolute atomic E-state index is 12.5. The lowest BCUT2D eigenvalue weighted by molar-refractivity contribution is -0.144. The summed E-state index contributed by atoms with van der Waals surface area (Å²) in [6, 6.07) is 6.17. The Morgan fingerprint density at radius 2 is 1.76 bits per heavy atom. The smallest absolute Gasteiger partial charge is 0.329 e. The Morgan fingerprint density at radius 3 is 2.29 bits per heavy atom. The van der Waals surface area contributed by atoms with Gasteiger partial charge in [-0.1, -0.05) is 11.6 Å². The molecule has 0 unspecified atom stereocenters. The lowest BCUT2D eigenvalue weighted by atomic mass is 9.97.